The van der Waals surface area contributed by atoms with E-state index >= 15 is 0 Å². The lowest BCUT2D eigenvalue weighted by molar-refractivity contribution is 0.0952. The SMILES string of the molecule is CCCNC(=O)c1cc(Br)cc(S(=O)(=O)Cl)c1C. The van der Waals surface area contributed by atoms with Crippen molar-refractivity contribution in [3.05, 3.63) is 27.7 Å². The number of hydrogen-bond acceptors (Lipinski definition) is 3. The molecule has 0 radical (unpaired) electrons. The molecule has 1 amide bonds. The molecule has 0 spiro atoms. The summed E-state index contributed by atoms with van der Waals surface area (Å²) < 4.78 is 23.3. The molecule has 0 fully saturated rings. The van der Waals surface area contributed by atoms with Gasteiger partial charge in [0.2, 0.25) is 0 Å². The first-order valence-corrected chi connectivity index (χ1v) is 8.40. The van der Waals surface area contributed by atoms with Crippen LogP contribution in [0.25, 0.3) is 0 Å². The average molecular weight is 355 g/mol. The second kappa shape index (κ2) is 6.04. The van der Waals surface area contributed by atoms with E-state index in [1.54, 1.807) is 13.0 Å². The summed E-state index contributed by atoms with van der Waals surface area (Å²) in [6.07, 6.45) is 0.805. The molecule has 0 saturated carbocycles. The van der Waals surface area contributed by atoms with Gasteiger partial charge in [-0.3, -0.25) is 4.79 Å². The second-order valence-electron chi connectivity index (χ2n) is 3.77. The minimum atomic E-state index is -3.87. The zero-order chi connectivity index (χ0) is 13.9. The van der Waals surface area contributed by atoms with E-state index in [9.17, 15) is 13.2 Å². The lowest BCUT2D eigenvalue weighted by Gasteiger charge is -2.10. The van der Waals surface area contributed by atoms with Crippen molar-refractivity contribution >= 4 is 41.6 Å². The third kappa shape index (κ3) is 3.70. The molecule has 0 heterocycles. The molecule has 0 aliphatic heterocycles. The highest BCUT2D eigenvalue weighted by atomic mass is 79.9. The lowest BCUT2D eigenvalue weighted by Crippen LogP contribution is -2.25. The van der Waals surface area contributed by atoms with Gasteiger partial charge in [-0.05, 0) is 31.0 Å². The number of carbonyl (C=O) groups excluding carboxylic acids is 1. The van der Waals surface area contributed by atoms with Gasteiger partial charge < -0.3 is 5.32 Å². The number of halogens is 2. The molecule has 4 nitrogen and oxygen atoms in total. The fourth-order valence-electron chi connectivity index (χ4n) is 1.48. The summed E-state index contributed by atoms with van der Waals surface area (Å²) >= 11 is 3.17. The molecule has 1 aromatic rings. The van der Waals surface area contributed by atoms with Gasteiger partial charge in [0.05, 0.1) is 4.90 Å². The maximum atomic E-state index is 11.9. The summed E-state index contributed by atoms with van der Waals surface area (Å²) in [5, 5.41) is 2.70. The minimum absolute atomic E-state index is 0.0554. The monoisotopic (exact) mass is 353 g/mol. The van der Waals surface area contributed by atoms with Crippen LogP contribution in [0.4, 0.5) is 0 Å². The van der Waals surface area contributed by atoms with Crippen LogP contribution >= 0.6 is 26.6 Å². The van der Waals surface area contributed by atoms with Gasteiger partial charge in [0, 0.05) is 27.3 Å². The molecule has 100 valence electrons. The van der Waals surface area contributed by atoms with Crippen LogP contribution in [0.3, 0.4) is 0 Å². The van der Waals surface area contributed by atoms with Crippen molar-refractivity contribution in [2.24, 2.45) is 0 Å². The molecular weight excluding hydrogens is 342 g/mol. The summed E-state index contributed by atoms with van der Waals surface area (Å²) in [4.78, 5) is 11.8. The number of rotatable bonds is 4. The van der Waals surface area contributed by atoms with E-state index in [0.717, 1.165) is 6.42 Å². The fraction of sp³-hybridized carbons (Fsp3) is 0.364. The van der Waals surface area contributed by atoms with Crippen LogP contribution in [0, 0.1) is 6.92 Å². The third-order valence-corrected chi connectivity index (χ3v) is 4.27. The van der Waals surface area contributed by atoms with Crippen molar-refractivity contribution in [3.8, 4) is 0 Å². The van der Waals surface area contributed by atoms with Crippen molar-refractivity contribution in [1.29, 1.82) is 0 Å². The second-order valence-corrected chi connectivity index (χ2v) is 7.22. The quantitative estimate of drug-likeness (QED) is 0.846. The van der Waals surface area contributed by atoms with Gasteiger partial charge in [0.15, 0.2) is 0 Å². The van der Waals surface area contributed by atoms with Gasteiger partial charge >= 0.3 is 0 Å². The molecule has 7 heteroatoms. The molecule has 0 bridgehead atoms. The summed E-state index contributed by atoms with van der Waals surface area (Å²) in [6, 6.07) is 2.96. The Morgan fingerprint density at radius 2 is 2.06 bits per heavy atom. The minimum Gasteiger partial charge on any atom is -0.352 e. The Morgan fingerprint density at radius 3 is 2.56 bits per heavy atom. The molecule has 1 N–H and O–H groups in total. The molecule has 0 unspecified atom stereocenters. The first kappa shape index (κ1) is 15.5. The van der Waals surface area contributed by atoms with E-state index < -0.39 is 9.05 Å². The largest absolute Gasteiger partial charge is 0.352 e. The van der Waals surface area contributed by atoms with Gasteiger partial charge in [-0.2, -0.15) is 0 Å². The first-order valence-electron chi connectivity index (χ1n) is 5.30. The predicted octanol–water partition coefficient (Wildman–Crippen LogP) is 2.82. The van der Waals surface area contributed by atoms with Gasteiger partial charge in [0.1, 0.15) is 0 Å². The Morgan fingerprint density at radius 1 is 1.44 bits per heavy atom. The molecule has 1 aromatic carbocycles. The lowest BCUT2D eigenvalue weighted by atomic mass is 10.1. The van der Waals surface area contributed by atoms with Gasteiger partial charge in [0.25, 0.3) is 15.0 Å². The van der Waals surface area contributed by atoms with Crippen molar-refractivity contribution in [2.75, 3.05) is 6.54 Å². The van der Waals surface area contributed by atoms with Gasteiger partial charge in [-0.25, -0.2) is 8.42 Å². The number of nitrogens with one attached hydrogen (secondary N) is 1. The third-order valence-electron chi connectivity index (χ3n) is 2.37. The maximum absolute atomic E-state index is 11.9. The number of amides is 1. The van der Waals surface area contributed by atoms with Crippen LogP contribution in [0.1, 0.15) is 29.3 Å². The van der Waals surface area contributed by atoms with Crippen molar-refractivity contribution in [2.45, 2.75) is 25.2 Å². The Labute approximate surface area is 119 Å². The van der Waals surface area contributed by atoms with E-state index in [4.69, 9.17) is 10.7 Å². The van der Waals surface area contributed by atoms with Crippen LogP contribution in [0.5, 0.6) is 0 Å². The molecule has 0 saturated heterocycles. The van der Waals surface area contributed by atoms with Crippen molar-refractivity contribution in [1.82, 2.24) is 5.32 Å². The standard InChI is InChI=1S/C11H13BrClNO3S/c1-3-4-14-11(15)9-5-8(12)6-10(7(9)2)18(13,16)17/h5-6H,3-4H2,1-2H3,(H,14,15). The van der Waals surface area contributed by atoms with E-state index in [1.165, 1.54) is 6.07 Å². The van der Waals surface area contributed by atoms with E-state index in [-0.39, 0.29) is 10.8 Å². The summed E-state index contributed by atoms with van der Waals surface area (Å²) in [5.74, 6) is -0.308. The number of benzene rings is 1. The zero-order valence-electron chi connectivity index (χ0n) is 9.96. The Balaban J connectivity index is 3.30. The van der Waals surface area contributed by atoms with Crippen LogP contribution in [0.2, 0.25) is 0 Å². The number of carbonyl (C=O) groups is 1. The average Bonchev–Trinajstić information content (AvgIpc) is 2.27. The summed E-state index contributed by atoms with van der Waals surface area (Å²) in [5.41, 5.74) is 0.652. The molecular formula is C11H13BrClNO3S. The Hall–Kier alpha value is -0.590. The summed E-state index contributed by atoms with van der Waals surface area (Å²) in [7, 11) is 1.47. The van der Waals surface area contributed by atoms with E-state index in [0.29, 0.717) is 22.1 Å². The molecule has 18 heavy (non-hydrogen) atoms. The van der Waals surface area contributed by atoms with E-state index in [2.05, 4.69) is 21.2 Å². The normalized spacial score (nSPS) is 11.3. The predicted molar refractivity (Wildman–Crippen MR) is 74.5 cm³/mol. The molecule has 0 aliphatic carbocycles. The summed E-state index contributed by atoms with van der Waals surface area (Å²) in [6.45, 7) is 4.03. The zero-order valence-corrected chi connectivity index (χ0v) is 13.1. The van der Waals surface area contributed by atoms with Gasteiger partial charge in [-0.1, -0.05) is 22.9 Å². The van der Waals surface area contributed by atoms with Gasteiger partial charge in [-0.15, -0.1) is 0 Å². The fourth-order valence-corrected chi connectivity index (χ4v) is 3.31. The topological polar surface area (TPSA) is 63.2 Å². The number of hydrogen-bond donors (Lipinski definition) is 1. The Bertz CT molecular complexity index is 572. The smallest absolute Gasteiger partial charge is 0.261 e. The Kier molecular flexibility index (Phi) is 5.19. The first-order chi connectivity index (χ1) is 8.27. The molecule has 1 rings (SSSR count). The van der Waals surface area contributed by atoms with Crippen molar-refractivity contribution in [3.63, 3.8) is 0 Å². The highest BCUT2D eigenvalue weighted by Gasteiger charge is 2.20. The molecule has 0 aromatic heterocycles. The van der Waals surface area contributed by atoms with Crippen LogP contribution in [0.15, 0.2) is 21.5 Å². The highest BCUT2D eigenvalue weighted by Crippen LogP contribution is 2.27. The van der Waals surface area contributed by atoms with E-state index in [1.807, 2.05) is 6.92 Å². The van der Waals surface area contributed by atoms with Crippen molar-refractivity contribution < 1.29 is 13.2 Å². The van der Waals surface area contributed by atoms with Crippen LogP contribution in [-0.2, 0) is 9.05 Å². The van der Waals surface area contributed by atoms with Crippen LogP contribution in [-0.4, -0.2) is 20.9 Å². The highest BCUT2D eigenvalue weighted by molar-refractivity contribution is 9.10. The molecule has 0 atom stereocenters. The molecule has 0 aliphatic rings. The maximum Gasteiger partial charge on any atom is 0.261 e. The van der Waals surface area contributed by atoms with Crippen LogP contribution < -0.4 is 5.32 Å².